The zero-order valence-corrected chi connectivity index (χ0v) is 36.5. The zero-order chi connectivity index (χ0) is 44.5. The molecule has 0 aliphatic carbocycles. The molecule has 0 amide bonds. The molecular weight excluding hydrogens is 813 g/mol. The predicted octanol–water partition coefficient (Wildman–Crippen LogP) is 16.3. The van der Waals surface area contributed by atoms with Gasteiger partial charge >= 0.3 is 0 Å². The SMILES string of the molecule is c1ccc(-c2cc(-c3ccccc3)c3c(c2)c2cc(-c4ccccc4)cc(-c4ccccc4)c2n3-c2cccc(-c3ccc(-c4nc(-c5ccccc5)nc(-c5ccccc5)n4)cc3)c2)cc1. The van der Waals surface area contributed by atoms with Gasteiger partial charge < -0.3 is 4.57 Å². The van der Waals surface area contributed by atoms with Gasteiger partial charge in [-0.25, -0.2) is 15.0 Å². The van der Waals surface area contributed by atoms with Crippen molar-refractivity contribution < 1.29 is 0 Å². The number of rotatable bonds is 9. The van der Waals surface area contributed by atoms with E-state index in [1.165, 1.54) is 44.2 Å². The molecule has 0 atom stereocenters. The summed E-state index contributed by atoms with van der Waals surface area (Å²) in [6.45, 7) is 0. The third-order valence-electron chi connectivity index (χ3n) is 12.6. The van der Waals surface area contributed by atoms with E-state index < -0.39 is 0 Å². The first-order valence-electron chi connectivity index (χ1n) is 22.7. The van der Waals surface area contributed by atoms with Gasteiger partial charge in [-0.1, -0.05) is 218 Å². The van der Waals surface area contributed by atoms with E-state index in [0.717, 1.165) is 55.7 Å². The molecule has 0 saturated carbocycles. The molecule has 0 N–H and O–H groups in total. The highest BCUT2D eigenvalue weighted by atomic mass is 15.0. The Morgan fingerprint density at radius 3 is 0.940 bits per heavy atom. The number of aromatic nitrogens is 4. The number of nitrogens with zero attached hydrogens (tertiary/aromatic N) is 4. The molecule has 67 heavy (non-hydrogen) atoms. The monoisotopic (exact) mass is 854 g/mol. The van der Waals surface area contributed by atoms with Gasteiger partial charge in [-0.05, 0) is 80.9 Å². The summed E-state index contributed by atoms with van der Waals surface area (Å²) >= 11 is 0. The number of fused-ring (bicyclic) bond motifs is 3. The highest BCUT2D eigenvalue weighted by Crippen LogP contribution is 2.46. The number of hydrogen-bond donors (Lipinski definition) is 0. The molecule has 10 aromatic carbocycles. The maximum absolute atomic E-state index is 5.00. The lowest BCUT2D eigenvalue weighted by atomic mass is 9.93. The summed E-state index contributed by atoms with van der Waals surface area (Å²) in [4.78, 5) is 14.9. The molecule has 2 heterocycles. The van der Waals surface area contributed by atoms with E-state index in [2.05, 4.69) is 199 Å². The molecule has 314 valence electrons. The van der Waals surface area contributed by atoms with Crippen LogP contribution >= 0.6 is 0 Å². The number of hydrogen-bond acceptors (Lipinski definition) is 3. The van der Waals surface area contributed by atoms with Gasteiger partial charge in [0, 0.05) is 44.3 Å². The Morgan fingerprint density at radius 2 is 0.537 bits per heavy atom. The summed E-state index contributed by atoms with van der Waals surface area (Å²) < 4.78 is 2.51. The largest absolute Gasteiger partial charge is 0.308 e. The van der Waals surface area contributed by atoms with Crippen LogP contribution < -0.4 is 0 Å². The van der Waals surface area contributed by atoms with Crippen LogP contribution in [0.2, 0.25) is 0 Å². The van der Waals surface area contributed by atoms with Gasteiger partial charge in [0.25, 0.3) is 0 Å². The van der Waals surface area contributed by atoms with E-state index in [0.29, 0.717) is 17.5 Å². The van der Waals surface area contributed by atoms with Crippen LogP contribution in [0.5, 0.6) is 0 Å². The van der Waals surface area contributed by atoms with Crippen LogP contribution in [0.3, 0.4) is 0 Å². The summed E-state index contributed by atoms with van der Waals surface area (Å²) in [6, 6.07) is 90.5. The van der Waals surface area contributed by atoms with Crippen LogP contribution in [0.25, 0.3) is 117 Å². The van der Waals surface area contributed by atoms with Crippen LogP contribution in [0, 0.1) is 0 Å². The molecule has 12 aromatic rings. The maximum atomic E-state index is 5.00. The fraction of sp³-hybridized carbons (Fsp3) is 0. The van der Waals surface area contributed by atoms with Crippen LogP contribution in [0.4, 0.5) is 0 Å². The first-order chi connectivity index (χ1) is 33.2. The Bertz CT molecular complexity index is 3490. The summed E-state index contributed by atoms with van der Waals surface area (Å²) in [5.41, 5.74) is 17.8. The molecule has 12 rings (SSSR count). The standard InChI is InChI=1S/C63H42N4/c1-7-20-43(21-8-1)52-39-55(46-24-11-3-12-25-46)59-57(41-52)58-42-53(44-22-9-2-10-23-44)40-56(47-26-13-4-14-27-47)60(58)67(59)54-33-19-32-51(38-54)45-34-36-50(37-35-45)63-65-61(48-28-15-5-16-29-48)64-62(66-63)49-30-17-6-18-31-49/h1-42H. The quantitative estimate of drug-likeness (QED) is 0.145. The lowest BCUT2D eigenvalue weighted by Gasteiger charge is -2.16. The van der Waals surface area contributed by atoms with Crippen molar-refractivity contribution in [2.24, 2.45) is 0 Å². The third-order valence-corrected chi connectivity index (χ3v) is 12.6. The highest BCUT2D eigenvalue weighted by molar-refractivity contribution is 6.19. The molecule has 0 aliphatic heterocycles. The summed E-state index contributed by atoms with van der Waals surface area (Å²) in [5.74, 6) is 1.91. The van der Waals surface area contributed by atoms with E-state index in [9.17, 15) is 0 Å². The van der Waals surface area contributed by atoms with Crippen molar-refractivity contribution >= 4 is 21.8 Å². The van der Waals surface area contributed by atoms with Crippen molar-refractivity contribution in [2.75, 3.05) is 0 Å². The highest BCUT2D eigenvalue weighted by Gasteiger charge is 2.23. The van der Waals surface area contributed by atoms with Gasteiger partial charge in [-0.3, -0.25) is 0 Å². The van der Waals surface area contributed by atoms with Crippen molar-refractivity contribution in [2.45, 2.75) is 0 Å². The number of benzene rings is 10. The van der Waals surface area contributed by atoms with Crippen molar-refractivity contribution in [3.05, 3.63) is 255 Å². The minimum Gasteiger partial charge on any atom is -0.308 e. The van der Waals surface area contributed by atoms with E-state index in [1.54, 1.807) is 0 Å². The Hall–Kier alpha value is -8.99. The van der Waals surface area contributed by atoms with E-state index in [1.807, 2.05) is 60.7 Å². The maximum Gasteiger partial charge on any atom is 0.164 e. The molecule has 4 nitrogen and oxygen atoms in total. The predicted molar refractivity (Wildman–Crippen MR) is 278 cm³/mol. The second-order valence-electron chi connectivity index (χ2n) is 16.8. The van der Waals surface area contributed by atoms with E-state index in [-0.39, 0.29) is 0 Å². The van der Waals surface area contributed by atoms with E-state index >= 15 is 0 Å². The second kappa shape index (κ2) is 17.2. The smallest absolute Gasteiger partial charge is 0.164 e. The average molecular weight is 855 g/mol. The van der Waals surface area contributed by atoms with Gasteiger partial charge in [-0.2, -0.15) is 0 Å². The van der Waals surface area contributed by atoms with Crippen LogP contribution in [-0.2, 0) is 0 Å². The average Bonchev–Trinajstić information content (AvgIpc) is 3.76. The van der Waals surface area contributed by atoms with Crippen LogP contribution in [-0.4, -0.2) is 19.5 Å². The van der Waals surface area contributed by atoms with Crippen LogP contribution in [0.15, 0.2) is 255 Å². The summed E-state index contributed by atoms with van der Waals surface area (Å²) in [5, 5.41) is 2.39. The van der Waals surface area contributed by atoms with Crippen molar-refractivity contribution in [3.8, 4) is 95.5 Å². The Morgan fingerprint density at radius 1 is 0.224 bits per heavy atom. The van der Waals surface area contributed by atoms with Crippen molar-refractivity contribution in [3.63, 3.8) is 0 Å². The van der Waals surface area contributed by atoms with Gasteiger partial charge in [-0.15, -0.1) is 0 Å². The molecular formula is C63H42N4. The summed E-state index contributed by atoms with van der Waals surface area (Å²) in [7, 11) is 0. The normalized spacial score (nSPS) is 11.3. The third kappa shape index (κ3) is 7.57. The molecule has 0 saturated heterocycles. The molecule has 0 radical (unpaired) electrons. The lowest BCUT2D eigenvalue weighted by Crippen LogP contribution is -2.00. The minimum absolute atomic E-state index is 0.630. The topological polar surface area (TPSA) is 43.6 Å². The Labute approximate surface area is 389 Å². The lowest BCUT2D eigenvalue weighted by molar-refractivity contribution is 1.07. The Balaban J connectivity index is 1.07. The second-order valence-corrected chi connectivity index (χ2v) is 16.8. The van der Waals surface area contributed by atoms with Gasteiger partial charge in [0.05, 0.1) is 11.0 Å². The zero-order valence-electron chi connectivity index (χ0n) is 36.5. The molecule has 0 bridgehead atoms. The molecule has 2 aromatic heterocycles. The minimum atomic E-state index is 0.630. The van der Waals surface area contributed by atoms with E-state index in [4.69, 9.17) is 15.0 Å². The molecule has 4 heteroatoms. The fourth-order valence-corrected chi connectivity index (χ4v) is 9.38. The first kappa shape index (κ1) is 39.6. The summed E-state index contributed by atoms with van der Waals surface area (Å²) in [6.07, 6.45) is 0. The van der Waals surface area contributed by atoms with Gasteiger partial charge in [0.15, 0.2) is 17.5 Å². The first-order valence-corrected chi connectivity index (χ1v) is 22.7. The molecule has 0 spiro atoms. The van der Waals surface area contributed by atoms with Crippen molar-refractivity contribution in [1.82, 2.24) is 19.5 Å². The molecule has 0 fully saturated rings. The molecule has 0 unspecified atom stereocenters. The van der Waals surface area contributed by atoms with Crippen LogP contribution in [0.1, 0.15) is 0 Å². The fourth-order valence-electron chi connectivity index (χ4n) is 9.38. The van der Waals surface area contributed by atoms with Crippen molar-refractivity contribution in [1.29, 1.82) is 0 Å². The molecule has 0 aliphatic rings. The van der Waals surface area contributed by atoms with Gasteiger partial charge in [0.2, 0.25) is 0 Å². The van der Waals surface area contributed by atoms with Gasteiger partial charge in [0.1, 0.15) is 0 Å². The Kier molecular flexibility index (Phi) is 10.2.